The van der Waals surface area contributed by atoms with Crippen LogP contribution in [0.25, 0.3) is 0 Å². The molecular formula is C16H27NO. The quantitative estimate of drug-likeness (QED) is 0.775. The van der Waals surface area contributed by atoms with E-state index >= 15 is 0 Å². The van der Waals surface area contributed by atoms with E-state index in [1.54, 1.807) is 0 Å². The molecule has 0 aliphatic heterocycles. The number of hydrogen-bond acceptors (Lipinski definition) is 2. The first-order valence-corrected chi connectivity index (χ1v) is 6.85. The van der Waals surface area contributed by atoms with E-state index < -0.39 is 0 Å². The fourth-order valence-electron chi connectivity index (χ4n) is 1.89. The molecule has 1 aromatic rings. The van der Waals surface area contributed by atoms with E-state index in [0.717, 1.165) is 25.1 Å². The van der Waals surface area contributed by atoms with E-state index in [1.165, 1.54) is 5.56 Å². The zero-order valence-corrected chi connectivity index (χ0v) is 12.4. The molecule has 1 unspecified atom stereocenters. The van der Waals surface area contributed by atoms with Gasteiger partial charge in [0.25, 0.3) is 0 Å². The van der Waals surface area contributed by atoms with Crippen molar-refractivity contribution in [3.8, 4) is 5.75 Å². The van der Waals surface area contributed by atoms with Crippen LogP contribution in [-0.4, -0.2) is 19.7 Å². The first-order valence-electron chi connectivity index (χ1n) is 6.85. The summed E-state index contributed by atoms with van der Waals surface area (Å²) in [4.78, 5) is 0. The lowest BCUT2D eigenvalue weighted by Gasteiger charge is -2.21. The van der Waals surface area contributed by atoms with Crippen molar-refractivity contribution in [3.05, 3.63) is 29.8 Å². The smallest absolute Gasteiger partial charge is 0.119 e. The van der Waals surface area contributed by atoms with Crippen LogP contribution in [0.5, 0.6) is 5.75 Å². The Kier molecular flexibility index (Phi) is 5.67. The third-order valence-corrected chi connectivity index (χ3v) is 3.07. The van der Waals surface area contributed by atoms with Crippen LogP contribution in [0.3, 0.4) is 0 Å². The van der Waals surface area contributed by atoms with Gasteiger partial charge < -0.3 is 10.1 Å². The van der Waals surface area contributed by atoms with Gasteiger partial charge in [-0.1, -0.05) is 32.9 Å². The molecule has 0 heterocycles. The molecule has 1 aromatic carbocycles. The predicted molar refractivity (Wildman–Crippen MR) is 78.4 cm³/mol. The number of hydrogen-bond donors (Lipinski definition) is 1. The second kappa shape index (κ2) is 6.79. The zero-order chi connectivity index (χ0) is 13.6. The summed E-state index contributed by atoms with van der Waals surface area (Å²) in [7, 11) is 1.98. The lowest BCUT2D eigenvalue weighted by molar-refractivity contribution is 0.207. The minimum atomic E-state index is 0.175. The standard InChI is InChI=1S/C16H27NO/c1-13(8-7-11-17-5)18-15-10-6-9-14(12-15)16(2,3)4/h6,9-10,12-13,17H,7-8,11H2,1-5H3. The first kappa shape index (κ1) is 15.0. The molecule has 0 aliphatic rings. The van der Waals surface area contributed by atoms with Gasteiger partial charge in [-0.2, -0.15) is 0 Å². The molecule has 1 atom stereocenters. The van der Waals surface area contributed by atoms with Crippen molar-refractivity contribution in [2.24, 2.45) is 0 Å². The van der Waals surface area contributed by atoms with Gasteiger partial charge in [-0.15, -0.1) is 0 Å². The van der Waals surface area contributed by atoms with E-state index in [2.05, 4.69) is 51.2 Å². The van der Waals surface area contributed by atoms with Gasteiger partial charge in [-0.3, -0.25) is 0 Å². The Balaban J connectivity index is 2.57. The van der Waals surface area contributed by atoms with Gasteiger partial charge in [-0.25, -0.2) is 0 Å². The summed E-state index contributed by atoms with van der Waals surface area (Å²) < 4.78 is 5.97. The van der Waals surface area contributed by atoms with Gasteiger partial charge in [0, 0.05) is 0 Å². The van der Waals surface area contributed by atoms with Crippen molar-refractivity contribution in [1.29, 1.82) is 0 Å². The molecule has 18 heavy (non-hydrogen) atoms. The SMILES string of the molecule is CNCCCC(C)Oc1cccc(C(C)(C)C)c1. The van der Waals surface area contributed by atoms with Gasteiger partial charge in [0.05, 0.1) is 6.10 Å². The molecule has 0 aliphatic carbocycles. The fraction of sp³-hybridized carbons (Fsp3) is 0.625. The second-order valence-electron chi connectivity index (χ2n) is 5.95. The van der Waals surface area contributed by atoms with Gasteiger partial charge in [0.2, 0.25) is 0 Å². The van der Waals surface area contributed by atoms with Gasteiger partial charge in [-0.05, 0) is 56.5 Å². The molecule has 2 heteroatoms. The van der Waals surface area contributed by atoms with E-state index in [-0.39, 0.29) is 11.5 Å². The Morgan fingerprint density at radius 1 is 1.28 bits per heavy atom. The predicted octanol–water partition coefficient (Wildman–Crippen LogP) is 3.75. The Labute approximate surface area is 112 Å². The third-order valence-electron chi connectivity index (χ3n) is 3.07. The molecule has 0 saturated heterocycles. The highest BCUT2D eigenvalue weighted by atomic mass is 16.5. The van der Waals surface area contributed by atoms with Crippen molar-refractivity contribution in [2.45, 2.75) is 52.1 Å². The van der Waals surface area contributed by atoms with Crippen LogP contribution < -0.4 is 10.1 Å². The normalized spacial score (nSPS) is 13.4. The molecule has 2 nitrogen and oxygen atoms in total. The lowest BCUT2D eigenvalue weighted by Crippen LogP contribution is -2.16. The largest absolute Gasteiger partial charge is 0.491 e. The summed E-state index contributed by atoms with van der Waals surface area (Å²) in [5.74, 6) is 0.986. The summed E-state index contributed by atoms with van der Waals surface area (Å²) in [5, 5.41) is 3.16. The summed E-state index contributed by atoms with van der Waals surface area (Å²) in [6, 6.07) is 8.45. The minimum Gasteiger partial charge on any atom is -0.491 e. The number of ether oxygens (including phenoxy) is 1. The molecule has 0 spiro atoms. The average Bonchev–Trinajstić information content (AvgIpc) is 2.28. The molecule has 0 radical (unpaired) electrons. The van der Waals surface area contributed by atoms with Gasteiger partial charge in [0.1, 0.15) is 5.75 Å². The van der Waals surface area contributed by atoms with E-state index in [4.69, 9.17) is 4.74 Å². The molecule has 0 aromatic heterocycles. The van der Waals surface area contributed by atoms with Crippen molar-refractivity contribution in [2.75, 3.05) is 13.6 Å². The second-order valence-corrected chi connectivity index (χ2v) is 5.95. The highest BCUT2D eigenvalue weighted by molar-refractivity contribution is 5.32. The number of rotatable bonds is 6. The molecular weight excluding hydrogens is 222 g/mol. The Hall–Kier alpha value is -1.02. The van der Waals surface area contributed by atoms with Crippen LogP contribution in [0.4, 0.5) is 0 Å². The van der Waals surface area contributed by atoms with E-state index in [1.807, 2.05) is 13.1 Å². The Bertz CT molecular complexity index is 354. The molecule has 0 fully saturated rings. The maximum absolute atomic E-state index is 5.97. The molecule has 102 valence electrons. The molecule has 0 saturated carbocycles. The van der Waals surface area contributed by atoms with Crippen LogP contribution in [-0.2, 0) is 5.41 Å². The summed E-state index contributed by atoms with van der Waals surface area (Å²) in [5.41, 5.74) is 1.50. The zero-order valence-electron chi connectivity index (χ0n) is 12.4. The van der Waals surface area contributed by atoms with Crippen molar-refractivity contribution < 1.29 is 4.74 Å². The number of nitrogens with one attached hydrogen (secondary N) is 1. The van der Waals surface area contributed by atoms with Crippen molar-refractivity contribution >= 4 is 0 Å². The Morgan fingerprint density at radius 2 is 2.00 bits per heavy atom. The topological polar surface area (TPSA) is 21.3 Å². The lowest BCUT2D eigenvalue weighted by atomic mass is 9.87. The maximum Gasteiger partial charge on any atom is 0.119 e. The molecule has 1 N–H and O–H groups in total. The molecule has 1 rings (SSSR count). The average molecular weight is 249 g/mol. The summed E-state index contributed by atoms with van der Waals surface area (Å²) in [6.07, 6.45) is 2.51. The first-order chi connectivity index (χ1) is 8.43. The van der Waals surface area contributed by atoms with Crippen molar-refractivity contribution in [1.82, 2.24) is 5.32 Å². The summed E-state index contributed by atoms with van der Waals surface area (Å²) in [6.45, 7) is 9.86. The molecule has 0 amide bonds. The van der Waals surface area contributed by atoms with Gasteiger partial charge >= 0.3 is 0 Å². The third kappa shape index (κ3) is 5.09. The Morgan fingerprint density at radius 3 is 2.61 bits per heavy atom. The van der Waals surface area contributed by atoms with Crippen LogP contribution in [0, 0.1) is 0 Å². The fourth-order valence-corrected chi connectivity index (χ4v) is 1.89. The molecule has 0 bridgehead atoms. The van der Waals surface area contributed by atoms with E-state index in [9.17, 15) is 0 Å². The minimum absolute atomic E-state index is 0.175. The van der Waals surface area contributed by atoms with Crippen LogP contribution in [0.15, 0.2) is 24.3 Å². The highest BCUT2D eigenvalue weighted by Crippen LogP contribution is 2.26. The van der Waals surface area contributed by atoms with Gasteiger partial charge in [0.15, 0.2) is 0 Å². The van der Waals surface area contributed by atoms with E-state index in [0.29, 0.717) is 0 Å². The summed E-state index contributed by atoms with van der Waals surface area (Å²) >= 11 is 0. The van der Waals surface area contributed by atoms with Crippen LogP contribution in [0.1, 0.15) is 46.1 Å². The maximum atomic E-state index is 5.97. The van der Waals surface area contributed by atoms with Crippen molar-refractivity contribution in [3.63, 3.8) is 0 Å². The van der Waals surface area contributed by atoms with Crippen LogP contribution in [0.2, 0.25) is 0 Å². The highest BCUT2D eigenvalue weighted by Gasteiger charge is 2.14. The number of benzene rings is 1. The monoisotopic (exact) mass is 249 g/mol. The van der Waals surface area contributed by atoms with Crippen LogP contribution >= 0.6 is 0 Å².